The Morgan fingerprint density at radius 2 is 1.50 bits per heavy atom. The molecule has 1 aliphatic carbocycles. The second kappa shape index (κ2) is 8.65. The SMILES string of the molecule is N#CC(C#N)=C1c2cc([N+](=O)[O-])ccc2-c2c(C(=O)NCc3ccccc3)cc([N+](=O)[O-])cc21. The number of hydrogen-bond donors (Lipinski definition) is 1. The molecule has 0 unspecified atom stereocenters. The minimum Gasteiger partial charge on any atom is -0.348 e. The number of nitro groups is 2. The van der Waals surface area contributed by atoms with Crippen LogP contribution in [0.3, 0.4) is 0 Å². The monoisotopic (exact) mass is 451 g/mol. The number of allylic oxidation sites excluding steroid dienone is 1. The van der Waals surface area contributed by atoms with Gasteiger partial charge in [0.05, 0.1) is 15.4 Å². The first-order valence-corrected chi connectivity index (χ1v) is 9.84. The van der Waals surface area contributed by atoms with Crippen molar-refractivity contribution in [2.24, 2.45) is 0 Å². The maximum absolute atomic E-state index is 13.2. The maximum atomic E-state index is 13.2. The van der Waals surface area contributed by atoms with Gasteiger partial charge in [-0.05, 0) is 28.3 Å². The predicted molar refractivity (Wildman–Crippen MR) is 120 cm³/mol. The molecule has 4 rings (SSSR count). The Balaban J connectivity index is 1.96. The number of nitrogens with zero attached hydrogens (tertiary/aromatic N) is 4. The summed E-state index contributed by atoms with van der Waals surface area (Å²) in [5.74, 6) is -0.607. The number of nitro benzene ring substituents is 2. The summed E-state index contributed by atoms with van der Waals surface area (Å²) in [5.41, 5.74) is 0.620. The zero-order valence-corrected chi connectivity index (χ0v) is 17.3. The van der Waals surface area contributed by atoms with Gasteiger partial charge in [0.25, 0.3) is 17.3 Å². The summed E-state index contributed by atoms with van der Waals surface area (Å²) in [6, 6.07) is 18.6. The second-order valence-corrected chi connectivity index (χ2v) is 7.30. The molecule has 0 atom stereocenters. The molecule has 10 nitrogen and oxygen atoms in total. The summed E-state index contributed by atoms with van der Waals surface area (Å²) in [6.45, 7) is 0.161. The van der Waals surface area contributed by atoms with Crippen LogP contribution in [0.1, 0.15) is 27.0 Å². The summed E-state index contributed by atoms with van der Waals surface area (Å²) in [4.78, 5) is 34.8. The third kappa shape index (κ3) is 3.72. The molecular weight excluding hydrogens is 438 g/mol. The number of carbonyl (C=O) groups excluding carboxylic acids is 1. The molecule has 0 saturated heterocycles. The molecule has 3 aromatic rings. The number of nitrogens with one attached hydrogen (secondary N) is 1. The van der Waals surface area contributed by atoms with Gasteiger partial charge in [-0.2, -0.15) is 10.5 Å². The number of fused-ring (bicyclic) bond motifs is 3. The van der Waals surface area contributed by atoms with Crippen LogP contribution in [0.15, 0.2) is 66.2 Å². The number of rotatable bonds is 5. The average Bonchev–Trinajstić information content (AvgIpc) is 3.17. The summed E-state index contributed by atoms with van der Waals surface area (Å²) in [7, 11) is 0. The summed E-state index contributed by atoms with van der Waals surface area (Å²) in [6.07, 6.45) is 0. The molecule has 0 radical (unpaired) electrons. The van der Waals surface area contributed by atoms with Crippen molar-refractivity contribution in [1.29, 1.82) is 10.5 Å². The summed E-state index contributed by atoms with van der Waals surface area (Å²) >= 11 is 0. The molecule has 164 valence electrons. The lowest BCUT2D eigenvalue weighted by Crippen LogP contribution is -2.23. The Kier molecular flexibility index (Phi) is 5.56. The van der Waals surface area contributed by atoms with Crippen LogP contribution >= 0.6 is 0 Å². The highest BCUT2D eigenvalue weighted by Crippen LogP contribution is 2.49. The maximum Gasteiger partial charge on any atom is 0.270 e. The van der Waals surface area contributed by atoms with Crippen molar-refractivity contribution < 1.29 is 14.6 Å². The molecule has 0 heterocycles. The van der Waals surface area contributed by atoms with E-state index in [0.717, 1.165) is 11.6 Å². The Labute approximate surface area is 192 Å². The highest BCUT2D eigenvalue weighted by molar-refractivity contribution is 6.12. The normalized spacial score (nSPS) is 10.9. The molecule has 0 bridgehead atoms. The van der Waals surface area contributed by atoms with Crippen LogP contribution in [-0.2, 0) is 6.54 Å². The van der Waals surface area contributed by atoms with Gasteiger partial charge in [0.2, 0.25) is 0 Å². The minimum absolute atomic E-state index is 0.0134. The first-order chi connectivity index (χ1) is 16.3. The van der Waals surface area contributed by atoms with Crippen LogP contribution in [0.2, 0.25) is 0 Å². The van der Waals surface area contributed by atoms with E-state index in [0.29, 0.717) is 5.56 Å². The molecule has 0 spiro atoms. The number of benzene rings is 3. The quantitative estimate of drug-likeness (QED) is 0.269. The molecule has 1 amide bonds. The molecule has 3 aromatic carbocycles. The fourth-order valence-corrected chi connectivity index (χ4v) is 3.89. The number of nitriles is 2. The lowest BCUT2D eigenvalue weighted by atomic mass is 9.96. The van der Waals surface area contributed by atoms with Gasteiger partial charge in [0.15, 0.2) is 0 Å². The van der Waals surface area contributed by atoms with E-state index in [-0.39, 0.29) is 45.6 Å². The predicted octanol–water partition coefficient (Wildman–Crippen LogP) is 4.26. The van der Waals surface area contributed by atoms with Crippen LogP contribution in [0.5, 0.6) is 0 Å². The third-order valence-corrected chi connectivity index (χ3v) is 5.37. The molecule has 0 fully saturated rings. The average molecular weight is 451 g/mol. The summed E-state index contributed by atoms with van der Waals surface area (Å²) in [5, 5.41) is 44.7. The van der Waals surface area contributed by atoms with E-state index >= 15 is 0 Å². The van der Waals surface area contributed by atoms with Crippen LogP contribution in [0, 0.1) is 42.9 Å². The van der Waals surface area contributed by atoms with Crippen molar-refractivity contribution in [3.05, 3.63) is 109 Å². The Morgan fingerprint density at radius 1 is 0.853 bits per heavy atom. The smallest absolute Gasteiger partial charge is 0.270 e. The zero-order chi connectivity index (χ0) is 24.4. The highest BCUT2D eigenvalue weighted by Gasteiger charge is 2.34. The Hall–Kier alpha value is -5.35. The second-order valence-electron chi connectivity index (χ2n) is 7.30. The zero-order valence-electron chi connectivity index (χ0n) is 17.3. The van der Waals surface area contributed by atoms with Gasteiger partial charge in [0, 0.05) is 41.9 Å². The molecule has 1 aliphatic rings. The van der Waals surface area contributed by atoms with Crippen molar-refractivity contribution >= 4 is 22.9 Å². The van der Waals surface area contributed by atoms with Gasteiger partial charge >= 0.3 is 0 Å². The Morgan fingerprint density at radius 3 is 2.12 bits per heavy atom. The van der Waals surface area contributed by atoms with Crippen molar-refractivity contribution in [3.8, 4) is 23.3 Å². The first kappa shape index (κ1) is 21.9. The largest absolute Gasteiger partial charge is 0.348 e. The van der Waals surface area contributed by atoms with E-state index in [2.05, 4.69) is 5.32 Å². The van der Waals surface area contributed by atoms with Gasteiger partial charge < -0.3 is 5.32 Å². The van der Waals surface area contributed by atoms with Crippen molar-refractivity contribution in [2.75, 3.05) is 0 Å². The minimum atomic E-state index is -0.685. The van der Waals surface area contributed by atoms with Gasteiger partial charge in [0.1, 0.15) is 17.7 Å². The highest BCUT2D eigenvalue weighted by atomic mass is 16.6. The van der Waals surface area contributed by atoms with E-state index in [4.69, 9.17) is 0 Å². The van der Waals surface area contributed by atoms with E-state index in [1.165, 1.54) is 24.3 Å². The molecule has 10 heteroatoms. The number of carbonyl (C=O) groups is 1. The lowest BCUT2D eigenvalue weighted by molar-refractivity contribution is -0.385. The van der Waals surface area contributed by atoms with Gasteiger partial charge in [-0.25, -0.2) is 0 Å². The van der Waals surface area contributed by atoms with E-state index in [1.54, 1.807) is 36.4 Å². The van der Waals surface area contributed by atoms with Crippen molar-refractivity contribution in [1.82, 2.24) is 5.32 Å². The topological polar surface area (TPSA) is 163 Å². The lowest BCUT2D eigenvalue weighted by Gasteiger charge is -2.11. The number of hydrogen-bond acceptors (Lipinski definition) is 7. The fourth-order valence-electron chi connectivity index (χ4n) is 3.89. The van der Waals surface area contributed by atoms with E-state index in [9.17, 15) is 35.5 Å². The van der Waals surface area contributed by atoms with Crippen LogP contribution in [0.4, 0.5) is 11.4 Å². The summed E-state index contributed by atoms with van der Waals surface area (Å²) < 4.78 is 0. The Bertz CT molecular complexity index is 1480. The molecule has 34 heavy (non-hydrogen) atoms. The molecule has 0 saturated carbocycles. The fraction of sp³-hybridized carbons (Fsp3) is 0.0417. The molecule has 0 aliphatic heterocycles. The van der Waals surface area contributed by atoms with Crippen LogP contribution in [0.25, 0.3) is 16.7 Å². The van der Waals surface area contributed by atoms with E-state index < -0.39 is 21.4 Å². The van der Waals surface area contributed by atoms with E-state index in [1.807, 2.05) is 6.07 Å². The van der Waals surface area contributed by atoms with Crippen molar-refractivity contribution in [3.63, 3.8) is 0 Å². The van der Waals surface area contributed by atoms with Crippen LogP contribution in [-0.4, -0.2) is 15.8 Å². The third-order valence-electron chi connectivity index (χ3n) is 5.37. The van der Waals surface area contributed by atoms with Gasteiger partial charge in [-0.1, -0.05) is 30.3 Å². The molecule has 1 N–H and O–H groups in total. The number of non-ortho nitro benzene ring substituents is 2. The van der Waals surface area contributed by atoms with Crippen molar-refractivity contribution in [2.45, 2.75) is 6.54 Å². The molecular formula is C24H13N5O5. The number of amides is 1. The van der Waals surface area contributed by atoms with Gasteiger partial charge in [-0.3, -0.25) is 25.0 Å². The standard InChI is InChI=1S/C24H13N5O5/c25-11-15(12-26)22-19-8-16(28(31)32)6-7-18(19)23-20(22)9-17(29(33)34)10-21(23)24(30)27-13-14-4-2-1-3-5-14/h1-10H,13H2,(H,27,30). The van der Waals surface area contributed by atoms with Gasteiger partial charge in [-0.15, -0.1) is 0 Å². The van der Waals surface area contributed by atoms with Crippen LogP contribution < -0.4 is 5.32 Å². The molecule has 0 aromatic heterocycles. The first-order valence-electron chi connectivity index (χ1n) is 9.84.